The molecule has 1 saturated heterocycles. The number of amides is 1. The van der Waals surface area contributed by atoms with Gasteiger partial charge in [0.1, 0.15) is 5.56 Å². The molecular weight excluding hydrogens is 498 g/mol. The number of nitrogens with zero attached hydrogens (tertiary/aromatic N) is 3. The first-order valence-corrected chi connectivity index (χ1v) is 13.9. The predicted molar refractivity (Wildman–Crippen MR) is 151 cm³/mol. The normalized spacial score (nSPS) is 17.9. The molecule has 0 radical (unpaired) electrons. The van der Waals surface area contributed by atoms with Gasteiger partial charge in [-0.15, -0.1) is 0 Å². The van der Waals surface area contributed by atoms with Crippen LogP contribution in [0.1, 0.15) is 44.9 Å². The van der Waals surface area contributed by atoms with Crippen molar-refractivity contribution in [2.45, 2.75) is 51.8 Å². The Labute approximate surface area is 229 Å². The summed E-state index contributed by atoms with van der Waals surface area (Å²) in [5.74, 6) is -0.188. The van der Waals surface area contributed by atoms with Crippen LogP contribution in [0.2, 0.25) is 5.02 Å². The Morgan fingerprint density at radius 2 is 1.79 bits per heavy atom. The summed E-state index contributed by atoms with van der Waals surface area (Å²) in [6.45, 7) is 5.64. The summed E-state index contributed by atoms with van der Waals surface area (Å²) in [5.41, 5.74) is 5.50. The zero-order chi connectivity index (χ0) is 26.6. The van der Waals surface area contributed by atoms with Crippen LogP contribution >= 0.6 is 11.6 Å². The zero-order valence-electron chi connectivity index (χ0n) is 22.3. The average Bonchev–Trinajstić information content (AvgIpc) is 2.92. The second kappa shape index (κ2) is 11.9. The Balaban J connectivity index is 1.31. The van der Waals surface area contributed by atoms with E-state index in [-0.39, 0.29) is 23.5 Å². The molecule has 0 bridgehead atoms. The van der Waals surface area contributed by atoms with Crippen molar-refractivity contribution in [3.05, 3.63) is 103 Å². The van der Waals surface area contributed by atoms with E-state index in [0.29, 0.717) is 36.4 Å². The van der Waals surface area contributed by atoms with Crippen LogP contribution in [0.15, 0.2) is 59.4 Å². The van der Waals surface area contributed by atoms with Gasteiger partial charge in [0.15, 0.2) is 5.43 Å². The van der Waals surface area contributed by atoms with Crippen LogP contribution in [0.4, 0.5) is 0 Å². The largest absolute Gasteiger partial charge is 0.378 e. The number of methoxy groups -OCH3 is 1. The Morgan fingerprint density at radius 3 is 2.53 bits per heavy atom. The number of rotatable bonds is 7. The van der Waals surface area contributed by atoms with E-state index in [0.717, 1.165) is 50.0 Å². The molecule has 0 N–H and O–H groups in total. The number of pyridine rings is 1. The van der Waals surface area contributed by atoms with Gasteiger partial charge in [-0.2, -0.15) is 0 Å². The van der Waals surface area contributed by atoms with Gasteiger partial charge in [0.25, 0.3) is 5.91 Å². The highest BCUT2D eigenvalue weighted by molar-refractivity contribution is 6.30. The van der Waals surface area contributed by atoms with Crippen LogP contribution < -0.4 is 5.43 Å². The lowest BCUT2D eigenvalue weighted by molar-refractivity contribution is 0.0546. The van der Waals surface area contributed by atoms with Crippen LogP contribution in [-0.2, 0) is 37.2 Å². The smallest absolute Gasteiger partial charge is 0.259 e. The molecule has 0 unspecified atom stereocenters. The molecular formula is C31H36ClN3O3. The number of ether oxygens (including phenoxy) is 1. The highest BCUT2D eigenvalue weighted by atomic mass is 35.5. The van der Waals surface area contributed by atoms with Gasteiger partial charge in [-0.3, -0.25) is 14.5 Å². The third-order valence-electron chi connectivity index (χ3n) is 8.07. The maximum Gasteiger partial charge on any atom is 0.259 e. The molecule has 38 heavy (non-hydrogen) atoms. The number of hydrogen-bond acceptors (Lipinski definition) is 4. The van der Waals surface area contributed by atoms with Crippen molar-refractivity contribution < 1.29 is 9.53 Å². The standard InChI is InChI=1S/C31H36ClN3O3/c1-22-18-29(36)30(28(21-38-2)35(22)13-12-23-6-5-9-26(32)19-23)31(37)34-16-14-33(15-17-34)27-11-10-24-7-3-4-8-25(24)20-27/h3-9,18-19,27H,10-17,20-21H2,1-2H3/t27-/m1/s1. The molecule has 0 saturated carbocycles. The molecule has 3 aromatic rings. The molecule has 2 aliphatic rings. The number of piperazine rings is 1. The minimum atomic E-state index is -0.232. The van der Waals surface area contributed by atoms with Crippen molar-refractivity contribution in [1.82, 2.24) is 14.4 Å². The number of aryl methyl sites for hydroxylation is 3. The van der Waals surface area contributed by atoms with Gasteiger partial charge in [0.2, 0.25) is 0 Å². The Bertz CT molecular complexity index is 1360. The lowest BCUT2D eigenvalue weighted by atomic mass is 9.87. The van der Waals surface area contributed by atoms with Crippen LogP contribution in [0.5, 0.6) is 0 Å². The molecule has 6 nitrogen and oxygen atoms in total. The average molecular weight is 534 g/mol. The second-order valence-electron chi connectivity index (χ2n) is 10.4. The first-order valence-electron chi connectivity index (χ1n) is 13.5. The maximum absolute atomic E-state index is 13.8. The molecule has 1 aliphatic carbocycles. The highest BCUT2D eigenvalue weighted by Gasteiger charge is 2.31. The van der Waals surface area contributed by atoms with Gasteiger partial charge in [0, 0.05) is 62.7 Å². The van der Waals surface area contributed by atoms with E-state index in [1.807, 2.05) is 36.1 Å². The van der Waals surface area contributed by atoms with Crippen LogP contribution in [0.25, 0.3) is 0 Å². The fourth-order valence-corrected chi connectivity index (χ4v) is 6.24. The fraction of sp³-hybridized carbons (Fsp3) is 0.419. The third-order valence-corrected chi connectivity index (χ3v) is 8.31. The molecule has 1 fully saturated rings. The first kappa shape index (κ1) is 26.7. The van der Waals surface area contributed by atoms with Crippen LogP contribution in [0.3, 0.4) is 0 Å². The Morgan fingerprint density at radius 1 is 1.03 bits per heavy atom. The molecule has 1 aromatic heterocycles. The van der Waals surface area contributed by atoms with Crippen molar-refractivity contribution >= 4 is 17.5 Å². The van der Waals surface area contributed by atoms with Gasteiger partial charge < -0.3 is 14.2 Å². The van der Waals surface area contributed by atoms with Gasteiger partial charge in [-0.1, -0.05) is 48.0 Å². The summed E-state index contributed by atoms with van der Waals surface area (Å²) in [5, 5.41) is 0.698. The molecule has 0 spiro atoms. The number of carbonyl (C=O) groups is 1. The summed E-state index contributed by atoms with van der Waals surface area (Å²) in [6, 6.07) is 18.6. The summed E-state index contributed by atoms with van der Waals surface area (Å²) < 4.78 is 7.54. The van der Waals surface area contributed by atoms with Crippen molar-refractivity contribution in [2.24, 2.45) is 0 Å². The molecule has 200 valence electrons. The topological polar surface area (TPSA) is 54.8 Å². The van der Waals surface area contributed by atoms with E-state index < -0.39 is 0 Å². The molecule has 1 amide bonds. The summed E-state index contributed by atoms with van der Waals surface area (Å²) in [7, 11) is 1.60. The second-order valence-corrected chi connectivity index (χ2v) is 10.9. The van der Waals surface area contributed by atoms with Crippen molar-refractivity contribution in [2.75, 3.05) is 33.3 Å². The van der Waals surface area contributed by atoms with Crippen LogP contribution in [-0.4, -0.2) is 59.6 Å². The number of aromatic nitrogens is 1. The molecule has 2 aromatic carbocycles. The Kier molecular flexibility index (Phi) is 8.32. The van der Waals surface area contributed by atoms with Gasteiger partial charge in [0.05, 0.1) is 12.3 Å². The van der Waals surface area contributed by atoms with E-state index in [1.165, 1.54) is 11.1 Å². The zero-order valence-corrected chi connectivity index (χ0v) is 23.0. The number of halogens is 1. The summed E-state index contributed by atoms with van der Waals surface area (Å²) in [4.78, 5) is 31.3. The number of benzene rings is 2. The molecule has 1 aliphatic heterocycles. The quantitative estimate of drug-likeness (QED) is 0.448. The molecule has 7 heteroatoms. The molecule has 1 atom stereocenters. The minimum absolute atomic E-state index is 0.188. The molecule has 5 rings (SSSR count). The number of hydrogen-bond donors (Lipinski definition) is 0. The highest BCUT2D eigenvalue weighted by Crippen LogP contribution is 2.26. The minimum Gasteiger partial charge on any atom is -0.378 e. The van der Waals surface area contributed by atoms with E-state index >= 15 is 0 Å². The lowest BCUT2D eigenvalue weighted by Gasteiger charge is -2.41. The van der Waals surface area contributed by atoms with Gasteiger partial charge >= 0.3 is 0 Å². The Hall–Kier alpha value is -2.93. The third kappa shape index (κ3) is 5.73. The fourth-order valence-electron chi connectivity index (χ4n) is 6.03. The predicted octanol–water partition coefficient (Wildman–Crippen LogP) is 4.51. The summed E-state index contributed by atoms with van der Waals surface area (Å²) >= 11 is 6.17. The van der Waals surface area contributed by atoms with E-state index in [1.54, 1.807) is 13.2 Å². The monoisotopic (exact) mass is 533 g/mol. The number of fused-ring (bicyclic) bond motifs is 1. The van der Waals surface area contributed by atoms with Crippen molar-refractivity contribution in [3.63, 3.8) is 0 Å². The lowest BCUT2D eigenvalue weighted by Crippen LogP contribution is -2.53. The van der Waals surface area contributed by atoms with E-state index in [4.69, 9.17) is 16.3 Å². The first-order chi connectivity index (χ1) is 18.4. The van der Waals surface area contributed by atoms with Gasteiger partial charge in [-0.05, 0) is 61.4 Å². The van der Waals surface area contributed by atoms with Crippen LogP contribution in [0, 0.1) is 6.92 Å². The summed E-state index contributed by atoms with van der Waals surface area (Å²) in [6.07, 6.45) is 4.06. The van der Waals surface area contributed by atoms with E-state index in [2.05, 4.69) is 33.7 Å². The van der Waals surface area contributed by atoms with Crippen molar-refractivity contribution in [3.8, 4) is 0 Å². The molecule has 2 heterocycles. The SMILES string of the molecule is COCc1c(C(=O)N2CCN([C@@H]3CCc4ccccc4C3)CC2)c(=O)cc(C)n1CCc1cccc(Cl)c1. The van der Waals surface area contributed by atoms with Gasteiger partial charge in [-0.25, -0.2) is 0 Å². The van der Waals surface area contributed by atoms with E-state index in [9.17, 15) is 9.59 Å². The number of carbonyl (C=O) groups excluding carboxylic acids is 1. The van der Waals surface area contributed by atoms with Crippen molar-refractivity contribution in [1.29, 1.82) is 0 Å². The maximum atomic E-state index is 13.8.